The molecule has 0 amide bonds. The van der Waals surface area contributed by atoms with Gasteiger partial charge in [-0.1, -0.05) is 140 Å². The number of benzene rings is 9. The summed E-state index contributed by atoms with van der Waals surface area (Å²) in [5, 5.41) is 3.73. The Morgan fingerprint density at radius 2 is 0.938 bits per heavy atom. The fourth-order valence-electron chi connectivity index (χ4n) is 10.0. The third kappa shape index (κ3) is 6.29. The van der Waals surface area contributed by atoms with Crippen LogP contribution >= 0.6 is 0 Å². The molecular weight excluding hydrogens is 821 g/mol. The average Bonchev–Trinajstić information content (AvgIpc) is 3.59. The second-order valence-corrected chi connectivity index (χ2v) is 24.9. The monoisotopic (exact) mass is 866 g/mol. The van der Waals surface area contributed by atoms with Crippen molar-refractivity contribution in [1.29, 1.82) is 0 Å². The Labute approximate surface area is 376 Å². The zero-order valence-corrected chi connectivity index (χ0v) is 38.0. The van der Waals surface area contributed by atoms with Gasteiger partial charge in [-0.15, -0.1) is 0 Å². The summed E-state index contributed by atoms with van der Waals surface area (Å²) >= 11 is 0. The summed E-state index contributed by atoms with van der Waals surface area (Å²) in [6, 6.07) is 72.5. The van der Waals surface area contributed by atoms with Crippen LogP contribution in [-0.4, -0.2) is 22.7 Å². The summed E-state index contributed by atoms with van der Waals surface area (Å²) in [4.78, 5) is 4.92. The molecule has 9 aromatic rings. The van der Waals surface area contributed by atoms with Crippen molar-refractivity contribution in [1.82, 2.24) is 0 Å². The van der Waals surface area contributed by atoms with Gasteiger partial charge in [-0.25, -0.2) is 8.42 Å². The number of nitrogens with zero attached hydrogens (tertiary/aromatic N) is 2. The van der Waals surface area contributed by atoms with E-state index in [1.807, 2.05) is 30.3 Å². The van der Waals surface area contributed by atoms with E-state index in [-0.39, 0.29) is 4.90 Å². The summed E-state index contributed by atoms with van der Waals surface area (Å²) in [5.41, 5.74) is 12.0. The number of rotatable bonds is 8. The maximum atomic E-state index is 12.6. The average molecular weight is 867 g/mol. The van der Waals surface area contributed by atoms with Crippen molar-refractivity contribution in [2.45, 2.75) is 30.0 Å². The van der Waals surface area contributed by atoms with Gasteiger partial charge >= 0.3 is 0 Å². The second-order valence-electron chi connectivity index (χ2n) is 17.8. The molecule has 1 aliphatic heterocycles. The highest BCUT2D eigenvalue weighted by Crippen LogP contribution is 2.65. The molecule has 5 nitrogen and oxygen atoms in total. The molecule has 0 bridgehead atoms. The molecule has 0 atom stereocenters. The number of hydrogen-bond donors (Lipinski definition) is 0. The summed E-state index contributed by atoms with van der Waals surface area (Å²) < 4.78 is 32.0. The first-order valence-corrected chi connectivity index (χ1v) is 27.1. The Morgan fingerprint density at radius 1 is 0.453 bits per heavy atom. The molecule has 0 radical (unpaired) electrons. The van der Waals surface area contributed by atoms with Gasteiger partial charge in [0.1, 0.15) is 11.5 Å². The van der Waals surface area contributed by atoms with E-state index in [2.05, 4.69) is 193 Å². The Hall–Kier alpha value is -7.19. The quantitative estimate of drug-likeness (QED) is 0.142. The molecule has 11 rings (SSSR count). The first-order chi connectivity index (χ1) is 31.0. The van der Waals surface area contributed by atoms with Crippen LogP contribution in [0.3, 0.4) is 0 Å². The maximum Gasteiger partial charge on any atom is 0.175 e. The lowest BCUT2D eigenvalue weighted by atomic mass is 9.66. The van der Waals surface area contributed by atoms with Gasteiger partial charge in [0.15, 0.2) is 9.84 Å². The molecule has 1 spiro atoms. The fourth-order valence-corrected chi connectivity index (χ4v) is 11.8. The van der Waals surface area contributed by atoms with E-state index in [4.69, 9.17) is 4.74 Å². The van der Waals surface area contributed by atoms with Gasteiger partial charge in [0.05, 0.1) is 24.1 Å². The Bertz CT molecular complexity index is 3320. The van der Waals surface area contributed by atoms with Crippen LogP contribution < -0.4 is 19.7 Å². The van der Waals surface area contributed by atoms with Crippen LogP contribution in [0.1, 0.15) is 22.3 Å². The van der Waals surface area contributed by atoms with Gasteiger partial charge in [0, 0.05) is 51.2 Å². The minimum Gasteiger partial charge on any atom is -0.457 e. The predicted octanol–water partition coefficient (Wildman–Crippen LogP) is 14.2. The molecule has 0 unspecified atom stereocenters. The van der Waals surface area contributed by atoms with Gasteiger partial charge in [0.2, 0.25) is 0 Å². The standard InChI is InChI=1S/C57H46N2O3SSi/c1-63(60,61)44-32-27-41(28-33-44)58(39-17-7-5-8-18-39)43-31-36-48-51(37-43)57(49-23-13-15-25-54(49)62-55-26-16-14-24-50(55)57)52-38-53(46-21-11-12-22-47(46)56(48)52)59(40-19-9-6-10-20-40)42-29-34-45(35-30-42)64(2,3)4/h5-38H,1-4H3. The van der Waals surface area contributed by atoms with Crippen LogP contribution in [0.4, 0.5) is 34.1 Å². The van der Waals surface area contributed by atoms with E-state index >= 15 is 0 Å². The van der Waals surface area contributed by atoms with Crippen LogP contribution in [0.15, 0.2) is 211 Å². The maximum absolute atomic E-state index is 12.6. The summed E-state index contributed by atoms with van der Waals surface area (Å²) in [6.45, 7) is 7.18. The van der Waals surface area contributed by atoms with Crippen molar-refractivity contribution in [3.63, 3.8) is 0 Å². The molecule has 2 aliphatic rings. The molecule has 312 valence electrons. The Balaban J connectivity index is 1.24. The second kappa shape index (κ2) is 15.0. The van der Waals surface area contributed by atoms with E-state index in [1.165, 1.54) is 28.0 Å². The molecule has 64 heavy (non-hydrogen) atoms. The molecule has 7 heteroatoms. The van der Waals surface area contributed by atoms with Crippen LogP contribution in [0.2, 0.25) is 19.6 Å². The predicted molar refractivity (Wildman–Crippen MR) is 267 cm³/mol. The minimum absolute atomic E-state index is 0.280. The topological polar surface area (TPSA) is 49.9 Å². The highest BCUT2D eigenvalue weighted by molar-refractivity contribution is 7.90. The van der Waals surface area contributed by atoms with Crippen molar-refractivity contribution in [2.75, 3.05) is 16.1 Å². The number of anilines is 6. The van der Waals surface area contributed by atoms with E-state index in [0.717, 1.165) is 73.3 Å². The lowest BCUT2D eigenvalue weighted by molar-refractivity contribution is 0.436. The number of hydrogen-bond acceptors (Lipinski definition) is 5. The molecular formula is C57H46N2O3SSi. The number of para-hydroxylation sites is 4. The van der Waals surface area contributed by atoms with Crippen LogP contribution in [0.5, 0.6) is 11.5 Å². The van der Waals surface area contributed by atoms with Crippen molar-refractivity contribution < 1.29 is 13.2 Å². The van der Waals surface area contributed by atoms with E-state index in [0.29, 0.717) is 0 Å². The van der Waals surface area contributed by atoms with Crippen LogP contribution in [0, 0.1) is 0 Å². The highest BCUT2D eigenvalue weighted by Gasteiger charge is 2.52. The van der Waals surface area contributed by atoms with E-state index < -0.39 is 23.3 Å². The number of sulfone groups is 1. The molecule has 0 saturated heterocycles. The van der Waals surface area contributed by atoms with Crippen molar-refractivity contribution in [2.24, 2.45) is 0 Å². The zero-order valence-electron chi connectivity index (χ0n) is 36.2. The highest BCUT2D eigenvalue weighted by atomic mass is 32.2. The van der Waals surface area contributed by atoms with Gasteiger partial charge in [-0.2, -0.15) is 0 Å². The fraction of sp³-hybridized carbons (Fsp3) is 0.0877. The largest absolute Gasteiger partial charge is 0.457 e. The van der Waals surface area contributed by atoms with Gasteiger partial charge in [0.25, 0.3) is 0 Å². The third-order valence-electron chi connectivity index (χ3n) is 12.9. The summed E-state index contributed by atoms with van der Waals surface area (Å²) in [6.07, 6.45) is 1.25. The smallest absolute Gasteiger partial charge is 0.175 e. The molecule has 0 saturated carbocycles. The molecule has 9 aromatic carbocycles. The van der Waals surface area contributed by atoms with Gasteiger partial charge in [-0.3, -0.25) is 0 Å². The summed E-state index contributed by atoms with van der Waals surface area (Å²) in [5.74, 6) is 1.64. The lowest BCUT2D eigenvalue weighted by Gasteiger charge is -2.40. The normalized spacial score (nSPS) is 13.4. The molecule has 0 fully saturated rings. The van der Waals surface area contributed by atoms with E-state index in [9.17, 15) is 8.42 Å². The van der Waals surface area contributed by atoms with Crippen LogP contribution in [-0.2, 0) is 15.3 Å². The SMILES string of the molecule is C[Si](C)(C)c1ccc(N(c2ccccc2)c2cc3c(c4ccccc24)-c2ccc(N(c4ccccc4)c4ccc(S(C)(=O)=O)cc4)cc2C32c3ccccc3Oc3ccccc32)cc1. The summed E-state index contributed by atoms with van der Waals surface area (Å²) in [7, 11) is -4.95. The van der Waals surface area contributed by atoms with E-state index in [1.54, 1.807) is 12.1 Å². The van der Waals surface area contributed by atoms with Crippen LogP contribution in [0.25, 0.3) is 21.9 Å². The zero-order chi connectivity index (χ0) is 43.8. The molecule has 0 aromatic heterocycles. The lowest BCUT2D eigenvalue weighted by Crippen LogP contribution is -2.37. The number of fused-ring (bicyclic) bond motifs is 11. The third-order valence-corrected chi connectivity index (χ3v) is 16.1. The molecule has 1 heterocycles. The Kier molecular flexibility index (Phi) is 9.27. The van der Waals surface area contributed by atoms with Gasteiger partial charge < -0.3 is 14.5 Å². The van der Waals surface area contributed by atoms with Crippen molar-refractivity contribution >= 4 is 68.0 Å². The minimum atomic E-state index is -3.39. The first kappa shape index (κ1) is 39.6. The molecule has 1 aliphatic carbocycles. The Morgan fingerprint density at radius 3 is 1.53 bits per heavy atom. The number of ether oxygens (including phenoxy) is 1. The molecule has 0 N–H and O–H groups in total. The van der Waals surface area contributed by atoms with Gasteiger partial charge in [-0.05, 0) is 119 Å². The van der Waals surface area contributed by atoms with Crippen molar-refractivity contribution in [3.05, 3.63) is 229 Å². The van der Waals surface area contributed by atoms with Crippen molar-refractivity contribution in [3.8, 4) is 22.6 Å². The first-order valence-electron chi connectivity index (χ1n) is 21.7.